The number of H-pyrrole nitrogens is 2. The third-order valence-corrected chi connectivity index (χ3v) is 11.4. The minimum absolute atomic E-state index is 0. The van der Waals surface area contributed by atoms with Gasteiger partial charge in [-0.3, -0.25) is 9.97 Å². The SMILES string of the molecule is [Mg+2].c1ccc2c3c(ccc2c1)-c1nc2[n-]c(nc4[nH+]c(nc5[n-]c(nc-3[nH+]1)c1ccc3ccccc3c51)-c1ccc3ccccc3c1-4)c1ccc3ccccc3c21. The largest absolute Gasteiger partial charge is 2.00 e. The van der Waals surface area contributed by atoms with Crippen LogP contribution in [0.4, 0.5) is 0 Å². The molecule has 2 aliphatic heterocycles. The molecule has 0 fully saturated rings. The average Bonchev–Trinajstić information content (AvgIpc) is 3.99. The summed E-state index contributed by atoms with van der Waals surface area (Å²) < 4.78 is 0. The summed E-state index contributed by atoms with van der Waals surface area (Å²) in [5, 5.41) is 12.4. The summed E-state index contributed by atoms with van der Waals surface area (Å²) in [6.07, 6.45) is 0. The van der Waals surface area contributed by atoms with Gasteiger partial charge in [0, 0.05) is 32.8 Å². The van der Waals surface area contributed by atoms with Crippen LogP contribution in [0.5, 0.6) is 0 Å². The van der Waals surface area contributed by atoms with E-state index in [2.05, 4.69) is 156 Å². The summed E-state index contributed by atoms with van der Waals surface area (Å²) in [5.41, 5.74) is 6.16. The Labute approximate surface area is 339 Å². The van der Waals surface area contributed by atoms with Crippen molar-refractivity contribution in [2.75, 3.05) is 0 Å². The Balaban J connectivity index is 0.00000356. The van der Waals surface area contributed by atoms with Gasteiger partial charge in [0.05, 0.1) is 16.7 Å². The fraction of sp³-hybridized carbons (Fsp3) is 0. The number of hydrogen-bond acceptors (Lipinski definition) is 4. The van der Waals surface area contributed by atoms with Gasteiger partial charge in [0.2, 0.25) is 0 Å². The fourth-order valence-electron chi connectivity index (χ4n) is 8.86. The summed E-state index contributed by atoms with van der Waals surface area (Å²) in [6.45, 7) is 0. The third-order valence-electron chi connectivity index (χ3n) is 11.4. The van der Waals surface area contributed by atoms with Crippen LogP contribution in [0, 0.1) is 0 Å². The van der Waals surface area contributed by atoms with Gasteiger partial charge in [-0.25, -0.2) is 4.98 Å². The van der Waals surface area contributed by atoms with Crippen LogP contribution < -0.4 is 19.9 Å². The van der Waals surface area contributed by atoms with E-state index in [1.807, 2.05) is 0 Å². The number of benzene rings is 8. The van der Waals surface area contributed by atoms with E-state index in [-0.39, 0.29) is 23.1 Å². The number of rotatable bonds is 0. The maximum absolute atomic E-state index is 5.36. The second kappa shape index (κ2) is 12.0. The number of aromatic nitrogens is 8. The van der Waals surface area contributed by atoms with Crippen molar-refractivity contribution in [2.24, 2.45) is 0 Å². The molecule has 11 aromatic rings. The molecule has 0 spiro atoms. The Morgan fingerprint density at radius 3 is 1.11 bits per heavy atom. The molecule has 3 aromatic heterocycles. The van der Waals surface area contributed by atoms with Gasteiger partial charge in [-0.1, -0.05) is 136 Å². The standard InChI is InChI=1S/C48H24N8.Mg/c1-5-13-29-25(9-1)17-21-33-37(29)45-49-41(33)54-46-39-31-15-7-3-11-27(31)19-23-35(39)43(51-46)56-48-40-32-16-8-4-12-28(32)20-24-36(40)44(52-48)55-47-38-30-14-6-2-10-26(30)18-22-34(38)42(50-47)53-45;/h1-24H;/q-2;+2/p+2. The van der Waals surface area contributed by atoms with Crippen LogP contribution in [0.3, 0.4) is 0 Å². The first kappa shape index (κ1) is 32.2. The van der Waals surface area contributed by atoms with Crippen LogP contribution in [0.15, 0.2) is 146 Å². The van der Waals surface area contributed by atoms with Crippen LogP contribution in [-0.2, 0) is 0 Å². The van der Waals surface area contributed by atoms with E-state index >= 15 is 0 Å². The van der Waals surface area contributed by atoms with Gasteiger partial charge in [0.15, 0.2) is 16.9 Å². The van der Waals surface area contributed by atoms with Gasteiger partial charge < -0.3 is 9.97 Å². The first-order chi connectivity index (χ1) is 27.7. The van der Waals surface area contributed by atoms with Crippen LogP contribution in [-0.4, -0.2) is 43.0 Å². The van der Waals surface area contributed by atoms with E-state index in [0.29, 0.717) is 45.9 Å². The Bertz CT molecular complexity index is 3490. The summed E-state index contributed by atoms with van der Waals surface area (Å²) in [7, 11) is 0. The molecule has 0 saturated heterocycles. The van der Waals surface area contributed by atoms with Crippen molar-refractivity contribution < 1.29 is 9.97 Å². The van der Waals surface area contributed by atoms with Crippen LogP contribution in [0.1, 0.15) is 0 Å². The van der Waals surface area contributed by atoms with E-state index in [0.717, 1.165) is 86.9 Å². The summed E-state index contributed by atoms with van der Waals surface area (Å²) in [4.78, 5) is 39.2. The van der Waals surface area contributed by atoms with Gasteiger partial charge in [0.25, 0.3) is 17.5 Å². The predicted octanol–water partition coefficient (Wildman–Crippen LogP) is 9.20. The molecule has 258 valence electrons. The molecule has 57 heavy (non-hydrogen) atoms. The van der Waals surface area contributed by atoms with Crippen molar-refractivity contribution in [2.45, 2.75) is 0 Å². The first-order valence-corrected chi connectivity index (χ1v) is 18.6. The van der Waals surface area contributed by atoms with Crippen molar-refractivity contribution in [1.82, 2.24) is 29.9 Å². The normalized spacial score (nSPS) is 12.1. The van der Waals surface area contributed by atoms with E-state index in [9.17, 15) is 0 Å². The Kier molecular flexibility index (Phi) is 6.76. The second-order valence-corrected chi connectivity index (χ2v) is 14.4. The number of fused-ring (bicyclic) bond motifs is 28. The molecule has 13 rings (SSSR count). The van der Waals surface area contributed by atoms with Crippen molar-refractivity contribution in [3.63, 3.8) is 0 Å². The van der Waals surface area contributed by atoms with Gasteiger partial charge in [0.1, 0.15) is 5.82 Å². The molecule has 0 aliphatic carbocycles. The summed E-state index contributed by atoms with van der Waals surface area (Å²) in [5.74, 6) is 2.68. The zero-order chi connectivity index (χ0) is 36.5. The summed E-state index contributed by atoms with van der Waals surface area (Å²) >= 11 is 0. The fourth-order valence-corrected chi connectivity index (χ4v) is 8.86. The number of nitrogens with one attached hydrogen (secondary N) is 2. The van der Waals surface area contributed by atoms with Crippen molar-refractivity contribution in [3.05, 3.63) is 146 Å². The van der Waals surface area contributed by atoms with Crippen LogP contribution in [0.25, 0.3) is 133 Å². The zero-order valence-corrected chi connectivity index (χ0v) is 31.7. The molecule has 5 heterocycles. The second-order valence-electron chi connectivity index (χ2n) is 14.4. The number of hydrogen-bond donors (Lipinski definition) is 0. The van der Waals surface area contributed by atoms with Gasteiger partial charge >= 0.3 is 23.1 Å². The molecule has 0 amide bonds. The van der Waals surface area contributed by atoms with E-state index in [1.165, 1.54) is 0 Å². The quantitative estimate of drug-likeness (QED) is 0.144. The Hall–Kier alpha value is -7.07. The van der Waals surface area contributed by atoms with Gasteiger partial charge in [-0.15, -0.1) is 0 Å². The molecule has 2 N–H and O–H groups in total. The maximum atomic E-state index is 5.36. The molecule has 0 atom stereocenters. The minimum Gasteiger partial charge on any atom is -0.331 e. The topological polar surface area (TPSA) is 108 Å². The van der Waals surface area contributed by atoms with E-state index in [1.54, 1.807) is 0 Å². The molecule has 2 aliphatic rings. The van der Waals surface area contributed by atoms with Crippen molar-refractivity contribution >= 4 is 110 Å². The van der Waals surface area contributed by atoms with E-state index in [4.69, 9.17) is 29.9 Å². The molecule has 0 unspecified atom stereocenters. The van der Waals surface area contributed by atoms with Gasteiger partial charge in [-0.2, -0.15) is 0 Å². The van der Waals surface area contributed by atoms with Crippen LogP contribution >= 0.6 is 0 Å². The Morgan fingerprint density at radius 1 is 0.316 bits per heavy atom. The molecule has 0 saturated carbocycles. The smallest absolute Gasteiger partial charge is 0.331 e. The van der Waals surface area contributed by atoms with Gasteiger partial charge in [-0.05, 0) is 67.4 Å². The number of nitrogens with zero attached hydrogens (tertiary/aromatic N) is 6. The molecule has 0 radical (unpaired) electrons. The molecule has 8 bridgehead atoms. The number of aromatic amines is 2. The maximum Gasteiger partial charge on any atom is 2.00 e. The summed E-state index contributed by atoms with van der Waals surface area (Å²) in [6, 6.07) is 50.5. The van der Waals surface area contributed by atoms with Crippen LogP contribution in [0.2, 0.25) is 0 Å². The molecule has 8 nitrogen and oxygen atoms in total. The predicted molar refractivity (Wildman–Crippen MR) is 227 cm³/mol. The molecule has 9 heteroatoms. The Morgan fingerprint density at radius 2 is 0.667 bits per heavy atom. The molecule has 8 aromatic carbocycles. The zero-order valence-electron chi connectivity index (χ0n) is 30.2. The van der Waals surface area contributed by atoms with Crippen molar-refractivity contribution in [3.8, 4) is 45.6 Å². The van der Waals surface area contributed by atoms with E-state index < -0.39 is 0 Å². The minimum atomic E-state index is 0. The average molecular weight is 739 g/mol. The third kappa shape index (κ3) is 4.61. The monoisotopic (exact) mass is 738 g/mol. The molecular weight excluding hydrogens is 713 g/mol. The first-order valence-electron chi connectivity index (χ1n) is 18.6. The molecular formula is C48H26MgN8+2. The van der Waals surface area contributed by atoms with Crippen molar-refractivity contribution in [1.29, 1.82) is 0 Å².